The number of nitrogens with one attached hydrogen (secondary N) is 1. The van der Waals surface area contributed by atoms with Gasteiger partial charge in [-0.3, -0.25) is 4.79 Å². The van der Waals surface area contributed by atoms with Crippen LogP contribution in [0.4, 0.5) is 0 Å². The Hall–Kier alpha value is -2.03. The first kappa shape index (κ1) is 13.4. The molecule has 0 aliphatic rings. The minimum Gasteiger partial charge on any atom is -0.466 e. The topological polar surface area (TPSA) is 42.2 Å². The second kappa shape index (κ2) is 5.31. The van der Waals surface area contributed by atoms with Gasteiger partial charge in [0, 0.05) is 6.54 Å². The molecule has 0 saturated heterocycles. The highest BCUT2D eigenvalue weighted by molar-refractivity contribution is 5.95. The molecule has 19 heavy (non-hydrogen) atoms. The summed E-state index contributed by atoms with van der Waals surface area (Å²) in [5.74, 6) is 1.33. The summed E-state index contributed by atoms with van der Waals surface area (Å²) in [5.41, 5.74) is 4.17. The van der Waals surface area contributed by atoms with E-state index in [0.717, 1.165) is 11.3 Å². The Morgan fingerprint density at radius 1 is 1.16 bits per heavy atom. The van der Waals surface area contributed by atoms with Crippen LogP contribution in [-0.4, -0.2) is 5.91 Å². The number of benzene rings is 1. The molecule has 0 unspecified atom stereocenters. The predicted octanol–water partition coefficient (Wildman–Crippen LogP) is 3.44. The van der Waals surface area contributed by atoms with Crippen molar-refractivity contribution in [2.75, 3.05) is 0 Å². The molecule has 1 N–H and O–H groups in total. The van der Waals surface area contributed by atoms with Crippen LogP contribution < -0.4 is 5.32 Å². The van der Waals surface area contributed by atoms with Gasteiger partial charge in [0.2, 0.25) is 0 Å². The third-order valence-electron chi connectivity index (χ3n) is 3.22. The normalized spacial score (nSPS) is 10.5. The minimum atomic E-state index is -0.0886. The van der Waals surface area contributed by atoms with Crippen molar-refractivity contribution in [3.63, 3.8) is 0 Å². The number of hydrogen-bond acceptors (Lipinski definition) is 2. The third kappa shape index (κ3) is 3.05. The average Bonchev–Trinajstić information content (AvgIpc) is 2.67. The van der Waals surface area contributed by atoms with Crippen molar-refractivity contribution in [3.8, 4) is 0 Å². The molecule has 0 aliphatic heterocycles. The summed E-state index contributed by atoms with van der Waals surface area (Å²) in [6.07, 6.45) is 0. The van der Waals surface area contributed by atoms with Gasteiger partial charge in [0.25, 0.3) is 5.91 Å². The highest BCUT2D eigenvalue weighted by atomic mass is 16.3. The van der Waals surface area contributed by atoms with E-state index in [1.807, 2.05) is 6.92 Å². The molecule has 2 rings (SSSR count). The molecular formula is C16H19NO2. The maximum Gasteiger partial charge on any atom is 0.255 e. The lowest BCUT2D eigenvalue weighted by molar-refractivity contribution is 0.0949. The summed E-state index contributed by atoms with van der Waals surface area (Å²) in [7, 11) is 0. The van der Waals surface area contributed by atoms with Crippen molar-refractivity contribution >= 4 is 5.91 Å². The van der Waals surface area contributed by atoms with Gasteiger partial charge in [0.1, 0.15) is 11.5 Å². The van der Waals surface area contributed by atoms with Crippen LogP contribution in [0.25, 0.3) is 0 Å². The van der Waals surface area contributed by atoms with E-state index < -0.39 is 0 Å². The molecule has 1 heterocycles. The lowest BCUT2D eigenvalue weighted by Gasteiger charge is -2.08. The first-order valence-corrected chi connectivity index (χ1v) is 6.38. The molecule has 0 bridgehead atoms. The Balaban J connectivity index is 2.06. The van der Waals surface area contributed by atoms with Crippen LogP contribution in [0.2, 0.25) is 0 Å². The van der Waals surface area contributed by atoms with E-state index in [4.69, 9.17) is 4.42 Å². The molecule has 1 amide bonds. The molecule has 3 nitrogen and oxygen atoms in total. The lowest BCUT2D eigenvalue weighted by atomic mass is 10.1. The summed E-state index contributed by atoms with van der Waals surface area (Å²) in [5, 5.41) is 2.93. The van der Waals surface area contributed by atoms with Crippen molar-refractivity contribution in [3.05, 3.63) is 58.0 Å². The number of rotatable bonds is 3. The van der Waals surface area contributed by atoms with Gasteiger partial charge in [-0.2, -0.15) is 0 Å². The van der Waals surface area contributed by atoms with Crippen LogP contribution in [0.1, 0.15) is 38.6 Å². The number of carbonyl (C=O) groups is 1. The fourth-order valence-electron chi connectivity index (χ4n) is 2.17. The van der Waals surface area contributed by atoms with E-state index in [-0.39, 0.29) is 5.91 Å². The van der Waals surface area contributed by atoms with Crippen molar-refractivity contribution in [1.29, 1.82) is 0 Å². The van der Waals surface area contributed by atoms with Gasteiger partial charge in [0.15, 0.2) is 0 Å². The largest absolute Gasteiger partial charge is 0.466 e. The first-order chi connectivity index (χ1) is 8.97. The summed E-state index contributed by atoms with van der Waals surface area (Å²) >= 11 is 0. The molecule has 3 heteroatoms. The smallest absolute Gasteiger partial charge is 0.255 e. The number of amides is 1. The van der Waals surface area contributed by atoms with Crippen LogP contribution in [0.3, 0.4) is 0 Å². The van der Waals surface area contributed by atoms with Crippen LogP contribution in [0.5, 0.6) is 0 Å². The number of hydrogen-bond donors (Lipinski definition) is 1. The molecule has 0 radical (unpaired) electrons. The number of aryl methyl sites for hydroxylation is 4. The van der Waals surface area contributed by atoms with Gasteiger partial charge in [-0.15, -0.1) is 0 Å². The highest BCUT2D eigenvalue weighted by Gasteiger charge is 2.13. The molecule has 0 fully saturated rings. The molecule has 1 aromatic carbocycles. The SMILES string of the molecule is Cc1ccc(CNC(=O)c2cc(C)oc2C)c(C)c1. The molecule has 0 saturated carbocycles. The van der Waals surface area contributed by atoms with Crippen molar-refractivity contribution in [1.82, 2.24) is 5.32 Å². The zero-order valence-corrected chi connectivity index (χ0v) is 11.8. The van der Waals surface area contributed by atoms with Gasteiger partial charge in [-0.1, -0.05) is 23.8 Å². The Morgan fingerprint density at radius 3 is 2.47 bits per heavy atom. The molecule has 0 aliphatic carbocycles. The van der Waals surface area contributed by atoms with Crippen LogP contribution in [-0.2, 0) is 6.54 Å². The Labute approximate surface area is 113 Å². The second-order valence-electron chi connectivity index (χ2n) is 4.94. The van der Waals surface area contributed by atoms with E-state index >= 15 is 0 Å². The fourth-order valence-corrected chi connectivity index (χ4v) is 2.17. The van der Waals surface area contributed by atoms with Crippen molar-refractivity contribution in [2.45, 2.75) is 34.2 Å². The van der Waals surface area contributed by atoms with E-state index in [9.17, 15) is 4.79 Å². The summed E-state index contributed by atoms with van der Waals surface area (Å²) < 4.78 is 5.37. The Morgan fingerprint density at radius 2 is 1.89 bits per heavy atom. The third-order valence-corrected chi connectivity index (χ3v) is 3.22. The van der Waals surface area contributed by atoms with Gasteiger partial charge in [0.05, 0.1) is 5.56 Å². The molecule has 1 aromatic heterocycles. The van der Waals surface area contributed by atoms with Gasteiger partial charge in [-0.25, -0.2) is 0 Å². The van der Waals surface area contributed by atoms with E-state index in [2.05, 4.69) is 37.4 Å². The zero-order valence-electron chi connectivity index (χ0n) is 11.8. The monoisotopic (exact) mass is 257 g/mol. The Kier molecular flexibility index (Phi) is 3.74. The second-order valence-corrected chi connectivity index (χ2v) is 4.94. The van der Waals surface area contributed by atoms with E-state index in [1.165, 1.54) is 11.1 Å². The van der Waals surface area contributed by atoms with Crippen LogP contribution in [0, 0.1) is 27.7 Å². The van der Waals surface area contributed by atoms with Gasteiger partial charge in [-0.05, 0) is 44.9 Å². The quantitative estimate of drug-likeness (QED) is 0.915. The van der Waals surface area contributed by atoms with Gasteiger partial charge >= 0.3 is 0 Å². The number of furan rings is 1. The standard InChI is InChI=1S/C16H19NO2/c1-10-5-6-14(11(2)7-10)9-17-16(18)15-8-12(3)19-13(15)4/h5-8H,9H2,1-4H3,(H,17,18). The summed E-state index contributed by atoms with van der Waals surface area (Å²) in [6.45, 7) is 8.30. The zero-order chi connectivity index (χ0) is 14.0. The van der Waals surface area contributed by atoms with E-state index in [0.29, 0.717) is 17.9 Å². The average molecular weight is 257 g/mol. The van der Waals surface area contributed by atoms with Crippen LogP contribution >= 0.6 is 0 Å². The van der Waals surface area contributed by atoms with E-state index in [1.54, 1.807) is 13.0 Å². The molecule has 0 spiro atoms. The summed E-state index contributed by atoms with van der Waals surface area (Å²) in [4.78, 5) is 12.1. The molecule has 100 valence electrons. The molecule has 2 aromatic rings. The maximum absolute atomic E-state index is 12.1. The van der Waals surface area contributed by atoms with Crippen LogP contribution in [0.15, 0.2) is 28.7 Å². The minimum absolute atomic E-state index is 0.0886. The molecular weight excluding hydrogens is 238 g/mol. The predicted molar refractivity (Wildman–Crippen MR) is 75.3 cm³/mol. The fraction of sp³-hybridized carbons (Fsp3) is 0.312. The maximum atomic E-state index is 12.1. The Bertz CT molecular complexity index is 611. The summed E-state index contributed by atoms with van der Waals surface area (Å²) in [6, 6.07) is 8.00. The number of carbonyl (C=O) groups excluding carboxylic acids is 1. The lowest BCUT2D eigenvalue weighted by Crippen LogP contribution is -2.23. The van der Waals surface area contributed by atoms with Crippen molar-refractivity contribution < 1.29 is 9.21 Å². The first-order valence-electron chi connectivity index (χ1n) is 6.38. The molecule has 0 atom stereocenters. The van der Waals surface area contributed by atoms with Gasteiger partial charge < -0.3 is 9.73 Å². The highest BCUT2D eigenvalue weighted by Crippen LogP contribution is 2.14. The van der Waals surface area contributed by atoms with Crippen molar-refractivity contribution in [2.24, 2.45) is 0 Å².